The lowest BCUT2D eigenvalue weighted by molar-refractivity contribution is 0.0993. The fraction of sp³-hybridized carbons (Fsp3) is 0.438. The Hall–Kier alpha value is -1.81. The largest absolute Gasteiger partial charge is 0.358 e. The molecule has 1 fully saturated rings. The van der Waals surface area contributed by atoms with Gasteiger partial charge in [0.25, 0.3) is 0 Å². The predicted octanol–water partition coefficient (Wildman–Crippen LogP) is 2.27. The highest BCUT2D eigenvalue weighted by atomic mass is 16.1. The molecule has 2 bridgehead atoms. The van der Waals surface area contributed by atoms with E-state index in [1.54, 1.807) is 7.05 Å². The van der Waals surface area contributed by atoms with E-state index in [0.29, 0.717) is 12.5 Å². The summed E-state index contributed by atoms with van der Waals surface area (Å²) in [6.45, 7) is 2.72. The van der Waals surface area contributed by atoms with Crippen LogP contribution in [0.15, 0.2) is 18.2 Å². The molecule has 1 aromatic heterocycles. The third kappa shape index (κ3) is 1.61. The molecule has 4 nitrogen and oxygen atoms in total. The van der Waals surface area contributed by atoms with E-state index in [0.717, 1.165) is 24.2 Å². The molecule has 3 aliphatic heterocycles. The number of rotatable bonds is 3. The average molecular weight is 269 g/mol. The van der Waals surface area contributed by atoms with Crippen molar-refractivity contribution in [3.63, 3.8) is 0 Å². The normalized spacial score (nSPS) is 17.8. The number of benzene rings is 1. The summed E-state index contributed by atoms with van der Waals surface area (Å²) in [5, 5.41) is 4.18. The Morgan fingerprint density at radius 1 is 1.40 bits per heavy atom. The summed E-state index contributed by atoms with van der Waals surface area (Å²) in [5.41, 5.74) is 3.41. The summed E-state index contributed by atoms with van der Waals surface area (Å²) in [4.78, 5) is 18.0. The standard InChI is InChI=1S/C16H19N3O/c1-17-9-14(20)11-2-3-13-12(8-11)15-10-4-6-19(7-5-10)16(15)18-13/h2-3,8,10,17-18H,4-7,9H2,1H3. The molecule has 2 N–H and O–H groups in total. The first-order valence-corrected chi connectivity index (χ1v) is 7.36. The zero-order chi connectivity index (χ0) is 13.7. The monoisotopic (exact) mass is 269 g/mol. The van der Waals surface area contributed by atoms with Gasteiger partial charge in [0.15, 0.2) is 5.78 Å². The zero-order valence-electron chi connectivity index (χ0n) is 11.7. The summed E-state index contributed by atoms with van der Waals surface area (Å²) in [5.74, 6) is 2.12. The lowest BCUT2D eigenvalue weighted by Crippen LogP contribution is -2.38. The second kappa shape index (κ2) is 4.35. The van der Waals surface area contributed by atoms with Gasteiger partial charge in [0.1, 0.15) is 5.82 Å². The van der Waals surface area contributed by atoms with E-state index in [1.807, 2.05) is 6.07 Å². The van der Waals surface area contributed by atoms with E-state index >= 15 is 0 Å². The first kappa shape index (κ1) is 12.0. The molecule has 1 saturated heterocycles. The second-order valence-electron chi connectivity index (χ2n) is 5.86. The topological polar surface area (TPSA) is 48.1 Å². The van der Waals surface area contributed by atoms with Crippen molar-refractivity contribution in [3.05, 3.63) is 29.3 Å². The number of carbonyl (C=O) groups is 1. The van der Waals surface area contributed by atoms with Gasteiger partial charge in [-0.05, 0) is 44.0 Å². The van der Waals surface area contributed by atoms with Crippen LogP contribution in [0.2, 0.25) is 0 Å². The highest BCUT2D eigenvalue weighted by Gasteiger charge is 2.33. The number of carbonyl (C=O) groups excluding carboxylic acids is 1. The highest BCUT2D eigenvalue weighted by molar-refractivity contribution is 6.02. The number of hydrogen-bond donors (Lipinski definition) is 2. The van der Waals surface area contributed by atoms with Crippen LogP contribution < -0.4 is 10.2 Å². The molecule has 4 heteroatoms. The molecule has 20 heavy (non-hydrogen) atoms. The van der Waals surface area contributed by atoms with E-state index in [1.165, 1.54) is 29.6 Å². The average Bonchev–Trinajstić information content (AvgIpc) is 2.89. The van der Waals surface area contributed by atoms with Crippen LogP contribution in [0, 0.1) is 0 Å². The Labute approximate surface area is 118 Å². The summed E-state index contributed by atoms with van der Waals surface area (Å²) in [7, 11) is 1.81. The molecule has 0 spiro atoms. The Morgan fingerprint density at radius 2 is 2.20 bits per heavy atom. The van der Waals surface area contributed by atoms with E-state index in [2.05, 4.69) is 27.3 Å². The summed E-state index contributed by atoms with van der Waals surface area (Å²) < 4.78 is 0. The Morgan fingerprint density at radius 3 is 2.95 bits per heavy atom. The van der Waals surface area contributed by atoms with Crippen LogP contribution >= 0.6 is 0 Å². The number of Topliss-reactive ketones (excluding diaryl/α,β-unsaturated/α-hetero) is 1. The lowest BCUT2D eigenvalue weighted by atomic mass is 9.84. The molecule has 104 valence electrons. The van der Waals surface area contributed by atoms with Gasteiger partial charge in [-0.3, -0.25) is 4.79 Å². The van der Waals surface area contributed by atoms with Crippen molar-refractivity contribution in [1.82, 2.24) is 10.3 Å². The van der Waals surface area contributed by atoms with Gasteiger partial charge in [-0.1, -0.05) is 0 Å². The van der Waals surface area contributed by atoms with Gasteiger partial charge in [-0.2, -0.15) is 0 Å². The molecule has 0 saturated carbocycles. The number of anilines is 1. The first-order chi connectivity index (χ1) is 9.78. The van der Waals surface area contributed by atoms with Crippen molar-refractivity contribution < 1.29 is 4.79 Å². The van der Waals surface area contributed by atoms with Gasteiger partial charge in [0.2, 0.25) is 0 Å². The number of hydrogen-bond acceptors (Lipinski definition) is 3. The summed E-state index contributed by atoms with van der Waals surface area (Å²) in [6, 6.07) is 6.06. The van der Waals surface area contributed by atoms with E-state index in [-0.39, 0.29) is 5.78 Å². The highest BCUT2D eigenvalue weighted by Crippen LogP contribution is 2.45. The van der Waals surface area contributed by atoms with Crippen molar-refractivity contribution in [3.8, 4) is 0 Å². The quantitative estimate of drug-likeness (QED) is 0.840. The number of fused-ring (bicyclic) bond motifs is 3. The number of likely N-dealkylation sites (N-methyl/N-ethyl adjacent to an activating group) is 1. The van der Waals surface area contributed by atoms with Crippen molar-refractivity contribution in [2.45, 2.75) is 18.8 Å². The van der Waals surface area contributed by atoms with Crippen LogP contribution in [0.3, 0.4) is 0 Å². The van der Waals surface area contributed by atoms with Gasteiger partial charge in [0.05, 0.1) is 6.54 Å². The molecule has 5 rings (SSSR count). The number of aromatic amines is 1. The van der Waals surface area contributed by atoms with Crippen molar-refractivity contribution >= 4 is 22.5 Å². The lowest BCUT2D eigenvalue weighted by Gasteiger charge is -2.40. The molecular weight excluding hydrogens is 250 g/mol. The van der Waals surface area contributed by atoms with Crippen LogP contribution in [0.1, 0.15) is 34.7 Å². The smallest absolute Gasteiger partial charge is 0.176 e. The van der Waals surface area contributed by atoms with Crippen LogP contribution in [0.5, 0.6) is 0 Å². The molecule has 4 heterocycles. The fourth-order valence-electron chi connectivity index (χ4n) is 3.69. The van der Waals surface area contributed by atoms with Crippen LogP contribution in [0.4, 0.5) is 5.82 Å². The Kier molecular flexibility index (Phi) is 2.60. The van der Waals surface area contributed by atoms with Crippen molar-refractivity contribution in [2.75, 3.05) is 31.6 Å². The second-order valence-corrected chi connectivity index (χ2v) is 5.86. The number of nitrogens with zero attached hydrogens (tertiary/aromatic N) is 1. The molecule has 2 aromatic rings. The van der Waals surface area contributed by atoms with E-state index in [4.69, 9.17) is 0 Å². The van der Waals surface area contributed by atoms with Crippen LogP contribution in [-0.4, -0.2) is 37.4 Å². The maximum absolute atomic E-state index is 12.1. The SMILES string of the molecule is CNCC(=O)c1ccc2[nH]c3c(c2c1)C1CCN3CC1. The zero-order valence-corrected chi connectivity index (χ0v) is 11.7. The van der Waals surface area contributed by atoms with Gasteiger partial charge in [0, 0.05) is 35.1 Å². The molecule has 0 amide bonds. The van der Waals surface area contributed by atoms with Crippen molar-refractivity contribution in [1.29, 1.82) is 0 Å². The first-order valence-electron chi connectivity index (χ1n) is 7.36. The fourth-order valence-corrected chi connectivity index (χ4v) is 3.69. The molecule has 0 atom stereocenters. The predicted molar refractivity (Wildman–Crippen MR) is 80.7 cm³/mol. The molecule has 1 aromatic carbocycles. The van der Waals surface area contributed by atoms with E-state index in [9.17, 15) is 4.79 Å². The number of piperidine rings is 1. The maximum atomic E-state index is 12.1. The third-order valence-corrected chi connectivity index (χ3v) is 4.70. The number of aromatic nitrogens is 1. The number of ketones is 1. The van der Waals surface area contributed by atoms with Gasteiger partial charge < -0.3 is 15.2 Å². The Balaban J connectivity index is 1.86. The molecule has 3 aliphatic rings. The number of nitrogens with one attached hydrogen (secondary N) is 2. The minimum absolute atomic E-state index is 0.158. The maximum Gasteiger partial charge on any atom is 0.176 e. The van der Waals surface area contributed by atoms with Gasteiger partial charge in [-0.15, -0.1) is 0 Å². The third-order valence-electron chi connectivity index (χ3n) is 4.70. The molecule has 0 aliphatic carbocycles. The molecular formula is C16H19N3O. The summed E-state index contributed by atoms with van der Waals surface area (Å²) in [6.07, 6.45) is 2.49. The minimum Gasteiger partial charge on any atom is -0.358 e. The molecule has 0 unspecified atom stereocenters. The minimum atomic E-state index is 0.158. The van der Waals surface area contributed by atoms with Crippen molar-refractivity contribution in [2.24, 2.45) is 0 Å². The molecule has 0 radical (unpaired) electrons. The van der Waals surface area contributed by atoms with Gasteiger partial charge >= 0.3 is 0 Å². The Bertz CT molecular complexity index is 680. The summed E-state index contributed by atoms with van der Waals surface area (Å²) >= 11 is 0. The van der Waals surface area contributed by atoms with Gasteiger partial charge in [-0.25, -0.2) is 0 Å². The number of H-pyrrole nitrogens is 1. The van der Waals surface area contributed by atoms with E-state index < -0.39 is 0 Å². The van der Waals surface area contributed by atoms with Crippen LogP contribution in [-0.2, 0) is 0 Å². The van der Waals surface area contributed by atoms with Crippen LogP contribution in [0.25, 0.3) is 10.9 Å².